The van der Waals surface area contributed by atoms with Crippen LogP contribution in [0.25, 0.3) is 11.0 Å². The molecule has 2 aromatic rings. The van der Waals surface area contributed by atoms with Crippen LogP contribution in [0.4, 0.5) is 0 Å². The molecule has 0 aliphatic rings. The number of nitrogens with zero attached hydrogens (tertiary/aromatic N) is 2. The van der Waals surface area contributed by atoms with Gasteiger partial charge in [-0.25, -0.2) is 9.13 Å². The van der Waals surface area contributed by atoms with Crippen LogP contribution in [0.15, 0.2) is 30.6 Å². The number of hydrogen-bond donors (Lipinski definition) is 1. The fourth-order valence-electron chi connectivity index (χ4n) is 1.62. The summed E-state index contributed by atoms with van der Waals surface area (Å²) in [5.41, 5.74) is 2.36. The number of benzene rings is 1. The van der Waals surface area contributed by atoms with Gasteiger partial charge >= 0.3 is 0 Å². The minimum absolute atomic E-state index is 0. The zero-order valence-corrected chi connectivity index (χ0v) is 8.78. The number of aryl methyl sites for hydroxylation is 1. The highest BCUT2D eigenvalue weighted by atomic mass is 35.5. The highest BCUT2D eigenvalue weighted by Gasteiger charge is 2.10. The van der Waals surface area contributed by atoms with E-state index >= 15 is 0 Å². The number of aromatic nitrogens is 2. The van der Waals surface area contributed by atoms with Gasteiger partial charge in [-0.15, -0.1) is 0 Å². The Kier molecular flexibility index (Phi) is 3.49. The zero-order chi connectivity index (χ0) is 9.26. The van der Waals surface area contributed by atoms with Crippen molar-refractivity contribution in [2.24, 2.45) is 7.05 Å². The molecule has 1 aromatic heterocycles. The number of para-hydroxylation sites is 2. The molecule has 0 aliphatic heterocycles. The van der Waals surface area contributed by atoms with Crippen molar-refractivity contribution in [2.75, 3.05) is 6.61 Å². The highest BCUT2D eigenvalue weighted by molar-refractivity contribution is 5.71. The molecule has 0 amide bonds. The van der Waals surface area contributed by atoms with Gasteiger partial charge in [0, 0.05) is 0 Å². The summed E-state index contributed by atoms with van der Waals surface area (Å²) in [5, 5.41) is 8.86. The van der Waals surface area contributed by atoms with Gasteiger partial charge in [0.25, 0.3) is 0 Å². The SMILES string of the molecule is C[n+]1cn(CCO)c2ccccc21.[Cl-]. The molecular formula is C10H13ClN2O. The zero-order valence-electron chi connectivity index (χ0n) is 8.02. The van der Waals surface area contributed by atoms with Crippen LogP contribution < -0.4 is 17.0 Å². The molecule has 4 heteroatoms. The smallest absolute Gasteiger partial charge is 0.244 e. The Morgan fingerprint density at radius 1 is 1.36 bits per heavy atom. The van der Waals surface area contributed by atoms with Crippen molar-refractivity contribution in [1.29, 1.82) is 0 Å². The Hall–Kier alpha value is -1.06. The van der Waals surface area contributed by atoms with E-state index in [1.165, 1.54) is 11.0 Å². The van der Waals surface area contributed by atoms with Crippen LogP contribution in [0, 0.1) is 0 Å². The first-order valence-electron chi connectivity index (χ1n) is 4.37. The molecule has 0 atom stereocenters. The van der Waals surface area contributed by atoms with E-state index in [-0.39, 0.29) is 19.0 Å². The summed E-state index contributed by atoms with van der Waals surface area (Å²) in [7, 11) is 2.01. The average molecular weight is 213 g/mol. The van der Waals surface area contributed by atoms with Gasteiger partial charge in [-0.05, 0) is 12.1 Å². The van der Waals surface area contributed by atoms with Gasteiger partial charge in [-0.3, -0.25) is 0 Å². The molecule has 0 saturated carbocycles. The number of halogens is 1. The van der Waals surface area contributed by atoms with E-state index in [1.807, 2.05) is 25.5 Å². The first kappa shape index (κ1) is 11.0. The largest absolute Gasteiger partial charge is 1.00 e. The van der Waals surface area contributed by atoms with Gasteiger partial charge in [-0.1, -0.05) is 12.1 Å². The van der Waals surface area contributed by atoms with E-state index in [1.54, 1.807) is 0 Å². The third kappa shape index (κ3) is 1.74. The van der Waals surface area contributed by atoms with Gasteiger partial charge in [0.05, 0.1) is 13.7 Å². The van der Waals surface area contributed by atoms with Crippen molar-refractivity contribution in [3.8, 4) is 0 Å². The molecule has 0 bridgehead atoms. The summed E-state index contributed by atoms with van der Waals surface area (Å²) in [6.45, 7) is 0.833. The van der Waals surface area contributed by atoms with Crippen molar-refractivity contribution in [1.82, 2.24) is 4.57 Å². The second-order valence-corrected chi connectivity index (χ2v) is 3.13. The summed E-state index contributed by atoms with van der Waals surface area (Å²) in [6.07, 6.45) is 2.00. The third-order valence-electron chi connectivity index (χ3n) is 2.22. The van der Waals surface area contributed by atoms with Crippen LogP contribution >= 0.6 is 0 Å². The van der Waals surface area contributed by atoms with Crippen LogP contribution in [-0.2, 0) is 13.6 Å². The molecule has 14 heavy (non-hydrogen) atoms. The molecule has 0 radical (unpaired) electrons. The van der Waals surface area contributed by atoms with Gasteiger partial charge in [0.2, 0.25) is 6.33 Å². The fraction of sp³-hybridized carbons (Fsp3) is 0.300. The normalized spacial score (nSPS) is 10.1. The van der Waals surface area contributed by atoms with E-state index in [4.69, 9.17) is 5.11 Å². The number of hydrogen-bond acceptors (Lipinski definition) is 1. The van der Waals surface area contributed by atoms with E-state index < -0.39 is 0 Å². The number of imidazole rings is 1. The maximum Gasteiger partial charge on any atom is 0.244 e. The van der Waals surface area contributed by atoms with E-state index in [2.05, 4.69) is 21.3 Å². The lowest BCUT2D eigenvalue weighted by atomic mass is 10.3. The summed E-state index contributed by atoms with van der Waals surface area (Å²) >= 11 is 0. The Morgan fingerprint density at radius 3 is 2.79 bits per heavy atom. The molecule has 1 aromatic carbocycles. The predicted octanol–water partition coefficient (Wildman–Crippen LogP) is -2.54. The Labute approximate surface area is 89.0 Å². The summed E-state index contributed by atoms with van der Waals surface area (Å²) in [6, 6.07) is 8.16. The summed E-state index contributed by atoms with van der Waals surface area (Å²) in [5.74, 6) is 0. The molecule has 1 N–H and O–H groups in total. The maximum atomic E-state index is 8.86. The summed E-state index contributed by atoms with van der Waals surface area (Å²) in [4.78, 5) is 0. The monoisotopic (exact) mass is 212 g/mol. The van der Waals surface area contributed by atoms with Crippen LogP contribution in [0.3, 0.4) is 0 Å². The van der Waals surface area contributed by atoms with Crippen LogP contribution in [-0.4, -0.2) is 16.3 Å². The first-order chi connectivity index (χ1) is 6.33. The number of fused-ring (bicyclic) bond motifs is 1. The summed E-state index contributed by atoms with van der Waals surface area (Å²) < 4.78 is 4.11. The van der Waals surface area contributed by atoms with Crippen LogP contribution in [0.2, 0.25) is 0 Å². The van der Waals surface area contributed by atoms with Crippen molar-refractivity contribution in [3.63, 3.8) is 0 Å². The molecule has 0 fully saturated rings. The topological polar surface area (TPSA) is 29.0 Å². The minimum atomic E-state index is 0. The molecular weight excluding hydrogens is 200 g/mol. The quantitative estimate of drug-likeness (QED) is 0.547. The standard InChI is InChI=1S/C10H13N2O.ClH/c1-11-8-12(6-7-13)10-5-3-2-4-9(10)11;/h2-5,8,13H,6-7H2,1H3;1H/q+1;/p-1. The highest BCUT2D eigenvalue weighted by Crippen LogP contribution is 2.09. The lowest BCUT2D eigenvalue weighted by Gasteiger charge is -1.91. The number of rotatable bonds is 2. The van der Waals surface area contributed by atoms with Crippen molar-refractivity contribution in [3.05, 3.63) is 30.6 Å². The van der Waals surface area contributed by atoms with Crippen molar-refractivity contribution < 1.29 is 22.1 Å². The van der Waals surface area contributed by atoms with Gasteiger partial charge in [0.1, 0.15) is 6.54 Å². The minimum Gasteiger partial charge on any atom is -1.00 e. The maximum absolute atomic E-state index is 8.86. The average Bonchev–Trinajstić information content (AvgIpc) is 2.46. The van der Waals surface area contributed by atoms with Crippen LogP contribution in [0.5, 0.6) is 0 Å². The predicted molar refractivity (Wildman–Crippen MR) is 50.2 cm³/mol. The fourth-order valence-corrected chi connectivity index (χ4v) is 1.62. The van der Waals surface area contributed by atoms with E-state index in [0.717, 1.165) is 0 Å². The molecule has 76 valence electrons. The second-order valence-electron chi connectivity index (χ2n) is 3.13. The van der Waals surface area contributed by atoms with Gasteiger partial charge in [0.15, 0.2) is 11.0 Å². The molecule has 0 aliphatic carbocycles. The lowest BCUT2D eigenvalue weighted by molar-refractivity contribution is -0.645. The Bertz CT molecular complexity index is 425. The van der Waals surface area contributed by atoms with Gasteiger partial charge in [-0.2, -0.15) is 0 Å². The van der Waals surface area contributed by atoms with Gasteiger partial charge < -0.3 is 17.5 Å². The third-order valence-corrected chi connectivity index (χ3v) is 2.22. The molecule has 3 nitrogen and oxygen atoms in total. The lowest BCUT2D eigenvalue weighted by Crippen LogP contribution is -3.00. The van der Waals surface area contributed by atoms with E-state index in [9.17, 15) is 0 Å². The Balaban J connectivity index is 0.000000980. The number of aliphatic hydroxyl groups excluding tert-OH is 1. The molecule has 2 rings (SSSR count). The number of aliphatic hydroxyl groups is 1. The van der Waals surface area contributed by atoms with E-state index in [0.29, 0.717) is 6.54 Å². The second kappa shape index (κ2) is 4.44. The first-order valence-corrected chi connectivity index (χ1v) is 4.37. The Morgan fingerprint density at radius 2 is 2.07 bits per heavy atom. The molecule has 0 spiro atoms. The van der Waals surface area contributed by atoms with Crippen LogP contribution in [0.1, 0.15) is 0 Å². The molecule has 1 heterocycles. The van der Waals surface area contributed by atoms with Crippen molar-refractivity contribution in [2.45, 2.75) is 6.54 Å². The van der Waals surface area contributed by atoms with Crippen molar-refractivity contribution >= 4 is 11.0 Å². The molecule has 0 unspecified atom stereocenters. The molecule has 0 saturated heterocycles.